The van der Waals surface area contributed by atoms with Crippen LogP contribution in [-0.4, -0.2) is 32.1 Å². The Bertz CT molecular complexity index is 500. The Morgan fingerprint density at radius 1 is 1.13 bits per heavy atom. The topological polar surface area (TPSA) is 39.7 Å². The van der Waals surface area contributed by atoms with Gasteiger partial charge in [-0.3, -0.25) is 0 Å². The first-order valence-corrected chi connectivity index (χ1v) is 8.20. The molecule has 2 N–H and O–H groups in total. The first-order valence-electron chi connectivity index (χ1n) is 8.20. The molecule has 5 heteroatoms. The molecule has 0 atom stereocenters. The van der Waals surface area contributed by atoms with Crippen molar-refractivity contribution >= 4 is 35.6 Å². The summed E-state index contributed by atoms with van der Waals surface area (Å²) in [5, 5.41) is 6.66. The SMILES string of the molecule is CCNC(=NCc1ccc(N2CC=CC2)cc1)NCC(C)C.I. The summed E-state index contributed by atoms with van der Waals surface area (Å²) in [5.74, 6) is 1.50. The first-order chi connectivity index (χ1) is 10.7. The lowest BCUT2D eigenvalue weighted by atomic mass is 10.2. The van der Waals surface area contributed by atoms with Crippen LogP contribution in [0.25, 0.3) is 0 Å². The number of hydrogen-bond donors (Lipinski definition) is 2. The molecule has 1 aromatic rings. The summed E-state index contributed by atoms with van der Waals surface area (Å²) >= 11 is 0. The van der Waals surface area contributed by atoms with Crippen molar-refractivity contribution in [3.05, 3.63) is 42.0 Å². The van der Waals surface area contributed by atoms with E-state index in [1.54, 1.807) is 0 Å². The van der Waals surface area contributed by atoms with Crippen LogP contribution in [0.3, 0.4) is 0 Å². The Balaban J connectivity index is 0.00000264. The van der Waals surface area contributed by atoms with E-state index in [4.69, 9.17) is 0 Å². The molecule has 1 aliphatic heterocycles. The Morgan fingerprint density at radius 3 is 2.35 bits per heavy atom. The van der Waals surface area contributed by atoms with Gasteiger partial charge in [-0.15, -0.1) is 24.0 Å². The maximum atomic E-state index is 4.65. The predicted octanol–water partition coefficient (Wildman–Crippen LogP) is 3.39. The van der Waals surface area contributed by atoms with Crippen LogP contribution in [0.5, 0.6) is 0 Å². The standard InChI is InChI=1S/C18H28N4.HI/c1-4-19-18(20-13-15(2)3)21-14-16-7-9-17(10-8-16)22-11-5-6-12-22;/h5-10,15H,4,11-14H2,1-3H3,(H2,19,20,21);1H. The number of nitrogens with zero attached hydrogens (tertiary/aromatic N) is 2. The summed E-state index contributed by atoms with van der Waals surface area (Å²) in [7, 11) is 0. The monoisotopic (exact) mass is 428 g/mol. The number of nitrogens with one attached hydrogen (secondary N) is 2. The number of guanidine groups is 1. The number of hydrogen-bond acceptors (Lipinski definition) is 2. The zero-order chi connectivity index (χ0) is 15.8. The van der Waals surface area contributed by atoms with Gasteiger partial charge in [0, 0.05) is 31.9 Å². The van der Waals surface area contributed by atoms with E-state index < -0.39 is 0 Å². The third-order valence-electron chi connectivity index (χ3n) is 3.56. The molecule has 0 aliphatic carbocycles. The summed E-state index contributed by atoms with van der Waals surface area (Å²) in [4.78, 5) is 7.00. The van der Waals surface area contributed by atoms with Crippen molar-refractivity contribution in [1.29, 1.82) is 0 Å². The third-order valence-corrected chi connectivity index (χ3v) is 3.56. The van der Waals surface area contributed by atoms with E-state index in [2.05, 4.69) is 77.7 Å². The van der Waals surface area contributed by atoms with Crippen molar-refractivity contribution < 1.29 is 0 Å². The van der Waals surface area contributed by atoms with E-state index >= 15 is 0 Å². The second-order valence-corrected chi connectivity index (χ2v) is 6.01. The molecule has 0 fully saturated rings. The van der Waals surface area contributed by atoms with E-state index in [0.717, 1.165) is 32.1 Å². The smallest absolute Gasteiger partial charge is 0.191 e. The third kappa shape index (κ3) is 6.81. The van der Waals surface area contributed by atoms with Crippen LogP contribution in [0.15, 0.2) is 41.4 Å². The lowest BCUT2D eigenvalue weighted by molar-refractivity contribution is 0.615. The molecule has 23 heavy (non-hydrogen) atoms. The van der Waals surface area contributed by atoms with Gasteiger partial charge < -0.3 is 15.5 Å². The van der Waals surface area contributed by atoms with Crippen LogP contribution in [0.1, 0.15) is 26.3 Å². The second-order valence-electron chi connectivity index (χ2n) is 6.01. The molecular weight excluding hydrogens is 399 g/mol. The second kappa shape index (κ2) is 10.5. The van der Waals surface area contributed by atoms with Crippen LogP contribution in [0, 0.1) is 5.92 Å². The maximum Gasteiger partial charge on any atom is 0.191 e. The van der Waals surface area contributed by atoms with Gasteiger partial charge in [0.25, 0.3) is 0 Å². The van der Waals surface area contributed by atoms with Crippen molar-refractivity contribution in [3.8, 4) is 0 Å². The van der Waals surface area contributed by atoms with Crippen LogP contribution in [-0.2, 0) is 6.54 Å². The van der Waals surface area contributed by atoms with Crippen LogP contribution < -0.4 is 15.5 Å². The van der Waals surface area contributed by atoms with Gasteiger partial charge in [-0.05, 0) is 30.5 Å². The Labute approximate surface area is 157 Å². The van der Waals surface area contributed by atoms with Crippen molar-refractivity contribution in [1.82, 2.24) is 10.6 Å². The lowest BCUT2D eigenvalue weighted by Gasteiger charge is -2.17. The molecule has 0 spiro atoms. The van der Waals surface area contributed by atoms with Gasteiger partial charge in [0.15, 0.2) is 5.96 Å². The van der Waals surface area contributed by atoms with Crippen LogP contribution >= 0.6 is 24.0 Å². The van der Waals surface area contributed by atoms with E-state index in [-0.39, 0.29) is 24.0 Å². The van der Waals surface area contributed by atoms with Gasteiger partial charge >= 0.3 is 0 Å². The first kappa shape index (κ1) is 19.8. The number of aliphatic imine (C=N–C) groups is 1. The van der Waals surface area contributed by atoms with Crippen LogP contribution in [0.4, 0.5) is 5.69 Å². The Hall–Kier alpha value is -1.24. The Morgan fingerprint density at radius 2 is 1.78 bits per heavy atom. The van der Waals surface area contributed by atoms with Crippen molar-refractivity contribution in [3.63, 3.8) is 0 Å². The summed E-state index contributed by atoms with van der Waals surface area (Å²) in [5.41, 5.74) is 2.51. The average Bonchev–Trinajstić information content (AvgIpc) is 3.05. The summed E-state index contributed by atoms with van der Waals surface area (Å²) < 4.78 is 0. The van der Waals surface area contributed by atoms with Gasteiger partial charge in [0.2, 0.25) is 0 Å². The van der Waals surface area contributed by atoms with Crippen molar-refractivity contribution in [2.24, 2.45) is 10.9 Å². The lowest BCUT2D eigenvalue weighted by Crippen LogP contribution is -2.39. The van der Waals surface area contributed by atoms with Crippen molar-refractivity contribution in [2.45, 2.75) is 27.3 Å². The zero-order valence-corrected chi connectivity index (χ0v) is 16.7. The minimum atomic E-state index is 0. The number of rotatable bonds is 6. The molecule has 0 saturated carbocycles. The normalized spacial score (nSPS) is 14.1. The van der Waals surface area contributed by atoms with Gasteiger partial charge in [-0.25, -0.2) is 4.99 Å². The largest absolute Gasteiger partial charge is 0.364 e. The molecule has 0 aromatic heterocycles. The predicted molar refractivity (Wildman–Crippen MR) is 111 cm³/mol. The summed E-state index contributed by atoms with van der Waals surface area (Å²) in [6.45, 7) is 11.0. The van der Waals surface area contributed by atoms with E-state index in [9.17, 15) is 0 Å². The van der Waals surface area contributed by atoms with Crippen LogP contribution in [0.2, 0.25) is 0 Å². The van der Waals surface area contributed by atoms with E-state index in [0.29, 0.717) is 12.5 Å². The molecule has 1 heterocycles. The van der Waals surface area contributed by atoms with Gasteiger partial charge in [0.1, 0.15) is 0 Å². The van der Waals surface area contributed by atoms with Gasteiger partial charge in [0.05, 0.1) is 6.54 Å². The number of anilines is 1. The molecule has 1 aliphatic rings. The average molecular weight is 428 g/mol. The zero-order valence-electron chi connectivity index (χ0n) is 14.4. The summed E-state index contributed by atoms with van der Waals surface area (Å²) in [6, 6.07) is 8.71. The maximum absolute atomic E-state index is 4.65. The molecule has 0 bridgehead atoms. The Kier molecular flexibility index (Phi) is 9.06. The molecule has 1 aromatic carbocycles. The number of benzene rings is 1. The van der Waals surface area contributed by atoms with Gasteiger partial charge in [-0.1, -0.05) is 38.1 Å². The highest BCUT2D eigenvalue weighted by atomic mass is 127. The number of halogens is 1. The molecular formula is C18H29IN4. The molecule has 0 radical (unpaired) electrons. The van der Waals surface area contributed by atoms with Gasteiger partial charge in [-0.2, -0.15) is 0 Å². The fraction of sp³-hybridized carbons (Fsp3) is 0.500. The van der Waals surface area contributed by atoms with E-state index in [1.165, 1.54) is 11.3 Å². The molecule has 128 valence electrons. The fourth-order valence-electron chi connectivity index (χ4n) is 2.31. The minimum absolute atomic E-state index is 0. The quantitative estimate of drug-likeness (QED) is 0.316. The van der Waals surface area contributed by atoms with Crippen molar-refractivity contribution in [2.75, 3.05) is 31.1 Å². The highest BCUT2D eigenvalue weighted by Crippen LogP contribution is 2.17. The molecule has 0 saturated heterocycles. The molecule has 4 nitrogen and oxygen atoms in total. The minimum Gasteiger partial charge on any atom is -0.364 e. The highest BCUT2D eigenvalue weighted by Gasteiger charge is 2.07. The van der Waals surface area contributed by atoms with E-state index in [1.807, 2.05) is 0 Å². The molecule has 0 amide bonds. The highest BCUT2D eigenvalue weighted by molar-refractivity contribution is 14.0. The fourth-order valence-corrected chi connectivity index (χ4v) is 2.31. The molecule has 2 rings (SSSR count). The summed E-state index contributed by atoms with van der Waals surface area (Å²) in [6.07, 6.45) is 4.42. The molecule has 0 unspecified atom stereocenters.